The summed E-state index contributed by atoms with van der Waals surface area (Å²) in [5.41, 5.74) is 5.05. The third kappa shape index (κ3) is 2.66. The molecule has 0 aliphatic carbocycles. The van der Waals surface area contributed by atoms with Gasteiger partial charge in [-0.25, -0.2) is 0 Å². The van der Waals surface area contributed by atoms with Crippen LogP contribution in [-0.4, -0.2) is 11.7 Å². The molecule has 0 saturated heterocycles. The monoisotopic (exact) mass is 197 g/mol. The van der Waals surface area contributed by atoms with E-state index in [1.54, 1.807) is 13.0 Å². The van der Waals surface area contributed by atoms with Gasteiger partial charge in [0.05, 0.1) is 4.88 Å². The van der Waals surface area contributed by atoms with E-state index in [9.17, 15) is 9.59 Å². The van der Waals surface area contributed by atoms with E-state index in [0.717, 1.165) is 0 Å². The molecule has 1 atom stereocenters. The molecule has 3 nitrogen and oxygen atoms in total. The van der Waals surface area contributed by atoms with Gasteiger partial charge in [0.25, 0.3) is 0 Å². The normalized spacial score (nSPS) is 12.4. The lowest BCUT2D eigenvalue weighted by molar-refractivity contribution is -0.121. The summed E-state index contributed by atoms with van der Waals surface area (Å²) in [5, 5.41) is 1.84. The molecule has 0 saturated carbocycles. The van der Waals surface area contributed by atoms with Crippen molar-refractivity contribution < 1.29 is 9.59 Å². The van der Waals surface area contributed by atoms with Gasteiger partial charge >= 0.3 is 0 Å². The van der Waals surface area contributed by atoms with E-state index in [-0.39, 0.29) is 18.1 Å². The highest BCUT2D eigenvalue weighted by Gasteiger charge is 2.15. The molecule has 0 spiro atoms. The smallest absolute Gasteiger partial charge is 0.220 e. The summed E-state index contributed by atoms with van der Waals surface area (Å²) in [6.45, 7) is 1.66. The molecule has 1 unspecified atom stereocenters. The zero-order valence-electron chi connectivity index (χ0n) is 7.32. The first-order chi connectivity index (χ1) is 6.11. The Morgan fingerprint density at radius 2 is 2.31 bits per heavy atom. The van der Waals surface area contributed by atoms with Crippen LogP contribution in [0.1, 0.15) is 23.0 Å². The molecular formula is C9H11NO2S. The maximum atomic E-state index is 11.4. The third-order valence-corrected chi connectivity index (χ3v) is 2.68. The van der Waals surface area contributed by atoms with Gasteiger partial charge in [-0.1, -0.05) is 13.0 Å². The molecule has 4 heteroatoms. The van der Waals surface area contributed by atoms with E-state index >= 15 is 0 Å². The van der Waals surface area contributed by atoms with E-state index in [2.05, 4.69) is 0 Å². The molecule has 1 aromatic rings. The number of carbonyl (C=O) groups is 2. The van der Waals surface area contributed by atoms with Crippen LogP contribution in [0.15, 0.2) is 17.5 Å². The highest BCUT2D eigenvalue weighted by molar-refractivity contribution is 7.12. The van der Waals surface area contributed by atoms with E-state index in [4.69, 9.17) is 5.73 Å². The van der Waals surface area contributed by atoms with Crippen LogP contribution in [-0.2, 0) is 4.79 Å². The van der Waals surface area contributed by atoms with E-state index < -0.39 is 5.91 Å². The van der Waals surface area contributed by atoms with Crippen LogP contribution in [0.2, 0.25) is 0 Å². The van der Waals surface area contributed by atoms with Crippen LogP contribution in [0.4, 0.5) is 0 Å². The van der Waals surface area contributed by atoms with Crippen LogP contribution in [0.25, 0.3) is 0 Å². The van der Waals surface area contributed by atoms with E-state index in [1.807, 2.05) is 11.4 Å². The van der Waals surface area contributed by atoms with Crippen molar-refractivity contribution in [1.29, 1.82) is 0 Å². The predicted molar refractivity (Wildman–Crippen MR) is 51.6 cm³/mol. The number of ketones is 1. The maximum absolute atomic E-state index is 11.4. The zero-order chi connectivity index (χ0) is 9.84. The largest absolute Gasteiger partial charge is 0.369 e. The molecule has 0 aliphatic heterocycles. The molecule has 1 aromatic heterocycles. The van der Waals surface area contributed by atoms with Gasteiger partial charge in [0, 0.05) is 12.3 Å². The van der Waals surface area contributed by atoms with Crippen molar-refractivity contribution >= 4 is 23.0 Å². The quantitative estimate of drug-likeness (QED) is 0.742. The number of thiophene rings is 1. The second-order valence-electron chi connectivity index (χ2n) is 2.91. The Morgan fingerprint density at radius 3 is 2.77 bits per heavy atom. The third-order valence-electron chi connectivity index (χ3n) is 1.77. The second-order valence-corrected chi connectivity index (χ2v) is 3.86. The number of amides is 1. The number of hydrogen-bond acceptors (Lipinski definition) is 3. The number of rotatable bonds is 4. The molecule has 1 rings (SSSR count). The number of Topliss-reactive ketones (excluding diaryl/α,β-unsaturated/α-hetero) is 1. The molecule has 0 radical (unpaired) electrons. The van der Waals surface area contributed by atoms with Gasteiger partial charge in [-0.2, -0.15) is 0 Å². The van der Waals surface area contributed by atoms with Crippen molar-refractivity contribution in [3.63, 3.8) is 0 Å². The minimum absolute atomic E-state index is 0.0127. The fourth-order valence-electron chi connectivity index (χ4n) is 0.916. The van der Waals surface area contributed by atoms with Gasteiger partial charge in [-0.05, 0) is 11.4 Å². The number of primary amides is 1. The van der Waals surface area contributed by atoms with E-state index in [1.165, 1.54) is 11.3 Å². The van der Waals surface area contributed by atoms with Crippen molar-refractivity contribution in [2.45, 2.75) is 13.3 Å². The average Bonchev–Trinajstić information content (AvgIpc) is 2.55. The molecule has 1 heterocycles. The zero-order valence-corrected chi connectivity index (χ0v) is 8.14. The molecular weight excluding hydrogens is 186 g/mol. The summed E-state index contributed by atoms with van der Waals surface area (Å²) in [4.78, 5) is 22.8. The van der Waals surface area contributed by atoms with Gasteiger partial charge in [-0.3, -0.25) is 9.59 Å². The maximum Gasteiger partial charge on any atom is 0.220 e. The van der Waals surface area contributed by atoms with Crippen molar-refractivity contribution in [1.82, 2.24) is 0 Å². The summed E-state index contributed by atoms with van der Waals surface area (Å²) in [5.74, 6) is -0.819. The average molecular weight is 197 g/mol. The van der Waals surface area contributed by atoms with Crippen LogP contribution >= 0.6 is 11.3 Å². The summed E-state index contributed by atoms with van der Waals surface area (Å²) >= 11 is 1.38. The van der Waals surface area contributed by atoms with Crippen molar-refractivity contribution in [3.8, 4) is 0 Å². The summed E-state index contributed by atoms with van der Waals surface area (Å²) in [7, 11) is 0. The highest BCUT2D eigenvalue weighted by atomic mass is 32.1. The molecule has 0 fully saturated rings. The highest BCUT2D eigenvalue weighted by Crippen LogP contribution is 2.14. The Labute approximate surface area is 80.6 Å². The lowest BCUT2D eigenvalue weighted by Gasteiger charge is -2.03. The van der Waals surface area contributed by atoms with Gasteiger partial charge in [-0.15, -0.1) is 11.3 Å². The van der Waals surface area contributed by atoms with Crippen LogP contribution in [0.5, 0.6) is 0 Å². The second kappa shape index (κ2) is 4.18. The Morgan fingerprint density at radius 1 is 1.62 bits per heavy atom. The molecule has 1 amide bonds. The van der Waals surface area contributed by atoms with Crippen LogP contribution in [0, 0.1) is 5.92 Å². The fourth-order valence-corrected chi connectivity index (χ4v) is 1.59. The first kappa shape index (κ1) is 9.92. The molecule has 13 heavy (non-hydrogen) atoms. The van der Waals surface area contributed by atoms with Gasteiger partial charge in [0.15, 0.2) is 5.78 Å². The number of carbonyl (C=O) groups excluding carboxylic acids is 2. The summed E-state index contributed by atoms with van der Waals surface area (Å²) in [6, 6.07) is 3.56. The molecule has 0 bridgehead atoms. The number of nitrogens with two attached hydrogens (primary N) is 1. The van der Waals surface area contributed by atoms with Gasteiger partial charge in [0.1, 0.15) is 0 Å². The Bertz CT molecular complexity index is 305. The molecule has 0 aromatic carbocycles. The van der Waals surface area contributed by atoms with Crippen LogP contribution in [0.3, 0.4) is 0 Å². The topological polar surface area (TPSA) is 60.2 Å². The lowest BCUT2D eigenvalue weighted by atomic mass is 10.0. The Balaban J connectivity index is 2.56. The van der Waals surface area contributed by atoms with Crippen LogP contribution < -0.4 is 5.73 Å². The minimum atomic E-state index is -0.426. The molecule has 2 N–H and O–H groups in total. The Hall–Kier alpha value is -1.16. The number of hydrogen-bond donors (Lipinski definition) is 1. The first-order valence-corrected chi connectivity index (χ1v) is 4.85. The first-order valence-electron chi connectivity index (χ1n) is 3.97. The molecule has 0 aliphatic rings. The standard InChI is InChI=1S/C9H11NO2S/c1-6(9(10)12)5-7(11)8-3-2-4-13-8/h2-4,6H,5H2,1H3,(H2,10,12). The molecule has 70 valence electrons. The summed E-state index contributed by atoms with van der Waals surface area (Å²) < 4.78 is 0. The summed E-state index contributed by atoms with van der Waals surface area (Å²) in [6.07, 6.45) is 0.204. The Kier molecular flexibility index (Phi) is 3.19. The van der Waals surface area contributed by atoms with Gasteiger partial charge in [0.2, 0.25) is 5.91 Å². The van der Waals surface area contributed by atoms with Gasteiger partial charge < -0.3 is 5.73 Å². The van der Waals surface area contributed by atoms with Crippen molar-refractivity contribution in [2.24, 2.45) is 11.7 Å². The van der Waals surface area contributed by atoms with Crippen molar-refractivity contribution in [3.05, 3.63) is 22.4 Å². The fraction of sp³-hybridized carbons (Fsp3) is 0.333. The predicted octanol–water partition coefficient (Wildman–Crippen LogP) is 1.44. The SMILES string of the molecule is CC(CC(=O)c1cccs1)C(N)=O. The minimum Gasteiger partial charge on any atom is -0.369 e. The lowest BCUT2D eigenvalue weighted by Crippen LogP contribution is -2.22. The van der Waals surface area contributed by atoms with Crippen molar-refractivity contribution in [2.75, 3.05) is 0 Å². The van der Waals surface area contributed by atoms with E-state index in [0.29, 0.717) is 4.88 Å².